The third kappa shape index (κ3) is 8.08. The number of aromatic nitrogens is 1. The predicted octanol–water partition coefficient (Wildman–Crippen LogP) is 4.12. The van der Waals surface area contributed by atoms with Gasteiger partial charge in [-0.15, -0.1) is 35.3 Å². The van der Waals surface area contributed by atoms with Crippen LogP contribution in [0.4, 0.5) is 0 Å². The third-order valence-electron chi connectivity index (χ3n) is 4.82. The molecule has 150 valence electrons. The topological polar surface area (TPSA) is 43.8 Å². The number of aryl methyl sites for hydroxylation is 1. The Kier molecular flexibility index (Phi) is 11.7. The lowest BCUT2D eigenvalue weighted by Crippen LogP contribution is -2.39. The van der Waals surface area contributed by atoms with Crippen molar-refractivity contribution >= 4 is 41.3 Å². The van der Waals surface area contributed by atoms with Gasteiger partial charge >= 0.3 is 0 Å². The Bertz CT molecular complexity index is 534. The van der Waals surface area contributed by atoms with Crippen molar-refractivity contribution in [1.82, 2.24) is 20.1 Å². The van der Waals surface area contributed by atoms with E-state index < -0.39 is 0 Å². The molecule has 0 amide bonds. The molecule has 26 heavy (non-hydrogen) atoms. The van der Waals surface area contributed by atoms with Gasteiger partial charge in [0.05, 0.1) is 17.2 Å². The van der Waals surface area contributed by atoms with Crippen molar-refractivity contribution in [1.29, 1.82) is 0 Å². The number of halogens is 1. The van der Waals surface area contributed by atoms with Crippen molar-refractivity contribution in [2.75, 3.05) is 33.2 Å². The third-order valence-corrected chi connectivity index (χ3v) is 5.64. The van der Waals surface area contributed by atoms with Crippen LogP contribution in [0.25, 0.3) is 0 Å². The van der Waals surface area contributed by atoms with E-state index in [9.17, 15) is 0 Å². The van der Waals surface area contributed by atoms with Crippen LogP contribution in [0, 0.1) is 6.92 Å². The first kappa shape index (κ1) is 23.6. The summed E-state index contributed by atoms with van der Waals surface area (Å²) < 4.78 is 0. The molecule has 1 aromatic heterocycles. The van der Waals surface area contributed by atoms with E-state index in [1.54, 1.807) is 11.3 Å². The summed E-state index contributed by atoms with van der Waals surface area (Å²) >= 11 is 1.71. The number of hydrogen-bond acceptors (Lipinski definition) is 4. The molecule has 1 aromatic rings. The average molecular weight is 494 g/mol. The van der Waals surface area contributed by atoms with E-state index in [0.29, 0.717) is 0 Å². The largest absolute Gasteiger partial charge is 0.357 e. The van der Waals surface area contributed by atoms with Crippen LogP contribution in [-0.4, -0.2) is 60.0 Å². The number of piperidine rings is 1. The molecule has 1 atom stereocenters. The van der Waals surface area contributed by atoms with E-state index in [2.05, 4.69) is 53.3 Å². The highest BCUT2D eigenvalue weighted by atomic mass is 127. The van der Waals surface area contributed by atoms with E-state index >= 15 is 0 Å². The van der Waals surface area contributed by atoms with Crippen molar-refractivity contribution in [3.63, 3.8) is 0 Å². The Hall–Kier alpha value is -0.410. The molecule has 1 aliphatic heterocycles. The highest BCUT2D eigenvalue weighted by Gasteiger charge is 2.17. The Labute approximate surface area is 180 Å². The lowest BCUT2D eigenvalue weighted by atomic mass is 10.0. The van der Waals surface area contributed by atoms with E-state index in [1.165, 1.54) is 38.8 Å². The quantitative estimate of drug-likeness (QED) is 0.256. The van der Waals surface area contributed by atoms with Crippen LogP contribution in [0.15, 0.2) is 10.4 Å². The summed E-state index contributed by atoms with van der Waals surface area (Å²) in [6.45, 7) is 11.6. The van der Waals surface area contributed by atoms with Gasteiger partial charge in [-0.25, -0.2) is 4.98 Å². The second kappa shape index (κ2) is 12.9. The molecule has 7 heteroatoms. The molecular weight excluding hydrogens is 457 g/mol. The fourth-order valence-corrected chi connectivity index (χ4v) is 3.97. The highest BCUT2D eigenvalue weighted by molar-refractivity contribution is 14.0. The van der Waals surface area contributed by atoms with E-state index in [4.69, 9.17) is 4.99 Å². The molecule has 1 unspecified atom stereocenters. The summed E-state index contributed by atoms with van der Waals surface area (Å²) in [7, 11) is 2.09. The van der Waals surface area contributed by atoms with Gasteiger partial charge in [-0.05, 0) is 59.5 Å². The Morgan fingerprint density at radius 3 is 2.88 bits per heavy atom. The zero-order valence-corrected chi connectivity index (χ0v) is 20.0. The lowest BCUT2D eigenvalue weighted by molar-refractivity contribution is 0.158. The van der Waals surface area contributed by atoms with Crippen molar-refractivity contribution in [3.8, 4) is 0 Å². The summed E-state index contributed by atoms with van der Waals surface area (Å²) in [5.74, 6) is 0.986. The minimum atomic E-state index is 0. The Morgan fingerprint density at radius 2 is 2.23 bits per heavy atom. The van der Waals surface area contributed by atoms with Crippen LogP contribution in [-0.2, 0) is 6.54 Å². The molecule has 1 aliphatic rings. The van der Waals surface area contributed by atoms with Crippen LogP contribution in [0.2, 0.25) is 0 Å². The van der Waals surface area contributed by atoms with Crippen LogP contribution in [0.3, 0.4) is 0 Å². The molecular formula is C19H36IN5S. The number of hydrogen-bond donors (Lipinski definition) is 1. The number of aliphatic imine (C=N–C) groups is 1. The number of unbranched alkanes of at least 4 members (excludes halogenated alkanes) is 1. The lowest BCUT2D eigenvalue weighted by Gasteiger charge is -2.33. The molecule has 1 saturated heterocycles. The first-order chi connectivity index (χ1) is 12.1. The maximum atomic E-state index is 4.81. The molecule has 1 fully saturated rings. The molecule has 1 N–H and O–H groups in total. The molecule has 0 aliphatic carbocycles. The second-order valence-electron chi connectivity index (χ2n) is 7.04. The normalized spacial score (nSPS) is 18.5. The van der Waals surface area contributed by atoms with Crippen molar-refractivity contribution in [2.45, 2.75) is 65.5 Å². The predicted molar refractivity (Wildman–Crippen MR) is 124 cm³/mol. The number of nitrogens with one attached hydrogen (secondary N) is 1. The van der Waals surface area contributed by atoms with Gasteiger partial charge in [0.2, 0.25) is 0 Å². The fourth-order valence-electron chi connectivity index (χ4n) is 3.37. The molecule has 0 aromatic carbocycles. The molecule has 2 rings (SSSR count). The maximum Gasteiger partial charge on any atom is 0.194 e. The zero-order valence-electron chi connectivity index (χ0n) is 16.8. The number of likely N-dealkylation sites (tertiary alicyclic amines) is 1. The number of rotatable bonds is 8. The van der Waals surface area contributed by atoms with Crippen molar-refractivity contribution in [2.24, 2.45) is 4.99 Å². The summed E-state index contributed by atoms with van der Waals surface area (Å²) in [6.07, 6.45) is 6.53. The van der Waals surface area contributed by atoms with Crippen LogP contribution >= 0.6 is 35.3 Å². The van der Waals surface area contributed by atoms with Gasteiger partial charge < -0.3 is 15.1 Å². The van der Waals surface area contributed by atoms with Gasteiger partial charge in [0, 0.05) is 31.6 Å². The number of thiazole rings is 1. The van der Waals surface area contributed by atoms with Gasteiger partial charge in [0.1, 0.15) is 0 Å². The van der Waals surface area contributed by atoms with E-state index in [-0.39, 0.29) is 24.0 Å². The molecule has 2 heterocycles. The van der Waals surface area contributed by atoms with Gasteiger partial charge in [-0.2, -0.15) is 0 Å². The second-order valence-corrected chi connectivity index (χ2v) is 8.10. The van der Waals surface area contributed by atoms with Crippen LogP contribution < -0.4 is 5.32 Å². The SMILES string of the molecule is CCNC(=NCCCCN1CCCCC1C)N(C)Cc1csc(C)n1.I. The molecule has 0 spiro atoms. The molecule has 0 saturated carbocycles. The number of nitrogens with zero attached hydrogens (tertiary/aromatic N) is 4. The van der Waals surface area contributed by atoms with E-state index in [1.807, 2.05) is 0 Å². The van der Waals surface area contributed by atoms with Crippen molar-refractivity contribution in [3.05, 3.63) is 16.1 Å². The first-order valence-electron chi connectivity index (χ1n) is 9.74. The monoisotopic (exact) mass is 493 g/mol. The smallest absolute Gasteiger partial charge is 0.194 e. The van der Waals surface area contributed by atoms with Crippen molar-refractivity contribution < 1.29 is 0 Å². The molecule has 5 nitrogen and oxygen atoms in total. The zero-order chi connectivity index (χ0) is 18.1. The standard InChI is InChI=1S/C19H35N5S.HI/c1-5-20-19(23(4)14-18-15-25-17(3)22-18)21-11-7-9-13-24-12-8-6-10-16(24)2;/h15-16H,5-14H2,1-4H3,(H,20,21);1H. The Balaban J connectivity index is 0.00000338. The van der Waals surface area contributed by atoms with Crippen LogP contribution in [0.1, 0.15) is 56.7 Å². The van der Waals surface area contributed by atoms with Gasteiger partial charge in [-0.3, -0.25) is 4.99 Å². The van der Waals surface area contributed by atoms with E-state index in [0.717, 1.165) is 48.8 Å². The molecule has 0 bridgehead atoms. The highest BCUT2D eigenvalue weighted by Crippen LogP contribution is 2.16. The minimum Gasteiger partial charge on any atom is -0.357 e. The molecule has 0 radical (unpaired) electrons. The van der Waals surface area contributed by atoms with Gasteiger partial charge in [0.15, 0.2) is 5.96 Å². The van der Waals surface area contributed by atoms with Crippen LogP contribution in [0.5, 0.6) is 0 Å². The Morgan fingerprint density at radius 1 is 1.42 bits per heavy atom. The first-order valence-corrected chi connectivity index (χ1v) is 10.6. The van der Waals surface area contributed by atoms with Gasteiger partial charge in [0.25, 0.3) is 0 Å². The minimum absolute atomic E-state index is 0. The maximum absolute atomic E-state index is 4.81. The van der Waals surface area contributed by atoms with Gasteiger partial charge in [-0.1, -0.05) is 6.42 Å². The summed E-state index contributed by atoms with van der Waals surface area (Å²) in [4.78, 5) is 14.2. The summed E-state index contributed by atoms with van der Waals surface area (Å²) in [5.41, 5.74) is 1.12. The average Bonchev–Trinajstić information content (AvgIpc) is 3.00. The summed E-state index contributed by atoms with van der Waals surface area (Å²) in [5, 5.41) is 6.65. The fraction of sp³-hybridized carbons (Fsp3) is 0.789. The summed E-state index contributed by atoms with van der Waals surface area (Å²) in [6, 6.07) is 0.766. The number of guanidine groups is 1.